The number of benzene rings is 1. The Morgan fingerprint density at radius 2 is 1.94 bits per heavy atom. The smallest absolute Gasteiger partial charge is 0.0704 e. The standard InChI is InChI=1S/C12H11BrINS/c1-7-10(6-11(13)16-7)12(15)8-2-4-9(14)5-3-8/h2-6,12H,15H2,1H3. The molecule has 1 aromatic heterocycles. The van der Waals surface area contributed by atoms with Crippen LogP contribution in [0.3, 0.4) is 0 Å². The molecule has 0 radical (unpaired) electrons. The van der Waals surface area contributed by atoms with E-state index in [2.05, 4.69) is 75.8 Å². The third-order valence-electron chi connectivity index (χ3n) is 2.49. The van der Waals surface area contributed by atoms with Crippen LogP contribution in [0.5, 0.6) is 0 Å². The topological polar surface area (TPSA) is 26.0 Å². The molecule has 0 aliphatic carbocycles. The van der Waals surface area contributed by atoms with Crippen molar-refractivity contribution in [1.82, 2.24) is 0 Å². The van der Waals surface area contributed by atoms with E-state index in [-0.39, 0.29) is 6.04 Å². The molecule has 16 heavy (non-hydrogen) atoms. The van der Waals surface area contributed by atoms with Gasteiger partial charge in [0.05, 0.1) is 9.83 Å². The number of halogens is 2. The molecule has 0 saturated carbocycles. The van der Waals surface area contributed by atoms with Crippen LogP contribution in [-0.4, -0.2) is 0 Å². The average Bonchev–Trinajstić information content (AvgIpc) is 2.58. The van der Waals surface area contributed by atoms with E-state index in [0.717, 1.165) is 9.35 Å². The normalized spacial score (nSPS) is 12.8. The summed E-state index contributed by atoms with van der Waals surface area (Å²) in [6, 6.07) is 10.5. The Bertz CT molecular complexity index is 492. The lowest BCUT2D eigenvalue weighted by Crippen LogP contribution is -2.11. The van der Waals surface area contributed by atoms with Gasteiger partial charge in [-0.2, -0.15) is 0 Å². The van der Waals surface area contributed by atoms with Crippen molar-refractivity contribution in [2.75, 3.05) is 0 Å². The van der Waals surface area contributed by atoms with Crippen LogP contribution in [0.1, 0.15) is 22.0 Å². The van der Waals surface area contributed by atoms with Crippen molar-refractivity contribution in [2.45, 2.75) is 13.0 Å². The van der Waals surface area contributed by atoms with Gasteiger partial charge in [-0.15, -0.1) is 11.3 Å². The molecular formula is C12H11BrINS. The van der Waals surface area contributed by atoms with Crippen molar-refractivity contribution in [3.8, 4) is 0 Å². The Morgan fingerprint density at radius 3 is 2.44 bits per heavy atom. The first-order chi connectivity index (χ1) is 7.58. The van der Waals surface area contributed by atoms with Gasteiger partial charge in [-0.1, -0.05) is 12.1 Å². The average molecular weight is 408 g/mol. The first kappa shape index (κ1) is 12.5. The number of rotatable bonds is 2. The largest absolute Gasteiger partial charge is 0.320 e. The molecule has 4 heteroatoms. The maximum Gasteiger partial charge on any atom is 0.0704 e. The van der Waals surface area contributed by atoms with Crippen molar-refractivity contribution in [1.29, 1.82) is 0 Å². The quantitative estimate of drug-likeness (QED) is 0.730. The molecule has 0 aliphatic rings. The zero-order valence-electron chi connectivity index (χ0n) is 8.71. The summed E-state index contributed by atoms with van der Waals surface area (Å²) in [5.74, 6) is 0. The second-order valence-electron chi connectivity index (χ2n) is 3.59. The summed E-state index contributed by atoms with van der Waals surface area (Å²) in [6.45, 7) is 2.11. The fourth-order valence-electron chi connectivity index (χ4n) is 1.62. The van der Waals surface area contributed by atoms with Crippen LogP contribution in [-0.2, 0) is 0 Å². The molecule has 2 rings (SSSR count). The highest BCUT2D eigenvalue weighted by Crippen LogP contribution is 2.32. The van der Waals surface area contributed by atoms with Gasteiger partial charge < -0.3 is 5.73 Å². The number of nitrogens with two attached hydrogens (primary N) is 1. The van der Waals surface area contributed by atoms with Gasteiger partial charge in [-0.3, -0.25) is 0 Å². The van der Waals surface area contributed by atoms with Crippen LogP contribution in [0.15, 0.2) is 34.1 Å². The molecule has 2 N–H and O–H groups in total. The highest BCUT2D eigenvalue weighted by Gasteiger charge is 2.13. The predicted molar refractivity (Wildman–Crippen MR) is 81.9 cm³/mol. The lowest BCUT2D eigenvalue weighted by molar-refractivity contribution is 0.868. The maximum absolute atomic E-state index is 6.26. The van der Waals surface area contributed by atoms with E-state index in [1.807, 2.05) is 0 Å². The van der Waals surface area contributed by atoms with Crippen molar-refractivity contribution in [2.24, 2.45) is 5.73 Å². The Balaban J connectivity index is 2.35. The summed E-state index contributed by atoms with van der Waals surface area (Å²) < 4.78 is 2.37. The van der Waals surface area contributed by atoms with E-state index in [1.165, 1.54) is 14.0 Å². The number of hydrogen-bond donors (Lipinski definition) is 1. The van der Waals surface area contributed by atoms with Crippen LogP contribution in [0.2, 0.25) is 0 Å². The van der Waals surface area contributed by atoms with Crippen LogP contribution in [0.25, 0.3) is 0 Å². The predicted octanol–water partition coefficient (Wildman–Crippen LogP) is 4.47. The van der Waals surface area contributed by atoms with Crippen LogP contribution >= 0.6 is 49.9 Å². The van der Waals surface area contributed by atoms with E-state index in [9.17, 15) is 0 Å². The maximum atomic E-state index is 6.26. The first-order valence-corrected chi connectivity index (χ1v) is 7.53. The zero-order valence-corrected chi connectivity index (χ0v) is 13.3. The van der Waals surface area contributed by atoms with Crippen LogP contribution in [0.4, 0.5) is 0 Å². The molecule has 1 aromatic carbocycles. The molecular weight excluding hydrogens is 397 g/mol. The number of thiophene rings is 1. The minimum Gasteiger partial charge on any atom is -0.320 e. The fraction of sp³-hybridized carbons (Fsp3) is 0.167. The molecule has 2 aromatic rings. The SMILES string of the molecule is Cc1sc(Br)cc1C(N)c1ccc(I)cc1. The first-order valence-electron chi connectivity index (χ1n) is 4.85. The Hall–Kier alpha value is 0.0900. The molecule has 0 spiro atoms. The molecule has 0 bridgehead atoms. The molecule has 0 amide bonds. The monoisotopic (exact) mass is 407 g/mol. The van der Waals surface area contributed by atoms with E-state index in [1.54, 1.807) is 11.3 Å². The highest BCUT2D eigenvalue weighted by atomic mass is 127. The fourth-order valence-corrected chi connectivity index (χ4v) is 3.73. The second-order valence-corrected chi connectivity index (χ2v) is 7.47. The highest BCUT2D eigenvalue weighted by molar-refractivity contribution is 14.1. The Labute approximate surface area is 121 Å². The van der Waals surface area contributed by atoms with Crippen molar-refractivity contribution >= 4 is 49.9 Å². The molecule has 0 fully saturated rings. The summed E-state index contributed by atoms with van der Waals surface area (Å²) in [4.78, 5) is 1.28. The molecule has 0 aliphatic heterocycles. The lowest BCUT2D eigenvalue weighted by Gasteiger charge is -2.11. The van der Waals surface area contributed by atoms with Gasteiger partial charge >= 0.3 is 0 Å². The van der Waals surface area contributed by atoms with Crippen molar-refractivity contribution < 1.29 is 0 Å². The third kappa shape index (κ3) is 2.67. The third-order valence-corrected chi connectivity index (χ3v) is 4.78. The summed E-state index contributed by atoms with van der Waals surface area (Å²) in [7, 11) is 0. The summed E-state index contributed by atoms with van der Waals surface area (Å²) >= 11 is 7.53. The summed E-state index contributed by atoms with van der Waals surface area (Å²) in [5.41, 5.74) is 8.63. The van der Waals surface area contributed by atoms with Crippen LogP contribution < -0.4 is 5.73 Å². The number of hydrogen-bond acceptors (Lipinski definition) is 2. The van der Waals surface area contributed by atoms with Gasteiger partial charge in [0.2, 0.25) is 0 Å². The van der Waals surface area contributed by atoms with Gasteiger partial charge in [0.15, 0.2) is 0 Å². The van der Waals surface area contributed by atoms with E-state index >= 15 is 0 Å². The van der Waals surface area contributed by atoms with Gasteiger partial charge in [-0.05, 0) is 74.8 Å². The Kier molecular flexibility index (Phi) is 4.05. The van der Waals surface area contributed by atoms with Gasteiger partial charge in [0.25, 0.3) is 0 Å². The second kappa shape index (κ2) is 5.16. The van der Waals surface area contributed by atoms with Crippen molar-refractivity contribution in [3.05, 3.63) is 53.7 Å². The molecule has 1 unspecified atom stereocenters. The molecule has 1 nitrogen and oxygen atoms in total. The van der Waals surface area contributed by atoms with Crippen molar-refractivity contribution in [3.63, 3.8) is 0 Å². The Morgan fingerprint density at radius 1 is 1.31 bits per heavy atom. The van der Waals surface area contributed by atoms with Crippen LogP contribution in [0, 0.1) is 10.5 Å². The van der Waals surface area contributed by atoms with Gasteiger partial charge in [-0.25, -0.2) is 0 Å². The van der Waals surface area contributed by atoms with Gasteiger partial charge in [0, 0.05) is 8.45 Å². The summed E-state index contributed by atoms with van der Waals surface area (Å²) in [5, 5.41) is 0. The molecule has 1 atom stereocenters. The minimum absolute atomic E-state index is 0.0282. The molecule has 84 valence electrons. The molecule has 1 heterocycles. The number of aryl methyl sites for hydroxylation is 1. The van der Waals surface area contributed by atoms with E-state index < -0.39 is 0 Å². The minimum atomic E-state index is -0.0282. The molecule has 0 saturated heterocycles. The zero-order chi connectivity index (χ0) is 11.7. The van der Waals surface area contributed by atoms with Gasteiger partial charge in [0.1, 0.15) is 0 Å². The lowest BCUT2D eigenvalue weighted by atomic mass is 10.0. The van der Waals surface area contributed by atoms with E-state index in [0.29, 0.717) is 0 Å². The van der Waals surface area contributed by atoms with E-state index in [4.69, 9.17) is 5.73 Å². The summed E-state index contributed by atoms with van der Waals surface area (Å²) in [6.07, 6.45) is 0.